The second-order valence-electron chi connectivity index (χ2n) is 5.88. The first-order valence-corrected chi connectivity index (χ1v) is 11.1. The summed E-state index contributed by atoms with van der Waals surface area (Å²) in [4.78, 5) is 0.848. The summed E-state index contributed by atoms with van der Waals surface area (Å²) in [7, 11) is 0. The van der Waals surface area contributed by atoms with E-state index in [9.17, 15) is 0 Å². The van der Waals surface area contributed by atoms with E-state index < -0.39 is 0 Å². The summed E-state index contributed by atoms with van der Waals surface area (Å²) in [6.45, 7) is 4.17. The molecular formula is C17H18N6S3. The molecule has 0 fully saturated rings. The Morgan fingerprint density at radius 2 is 1.92 bits per heavy atom. The predicted octanol–water partition coefficient (Wildman–Crippen LogP) is 4.57. The Kier molecular flexibility index (Phi) is 5.28. The van der Waals surface area contributed by atoms with E-state index in [0.29, 0.717) is 11.7 Å². The molecule has 4 aromatic rings. The molecule has 0 radical (unpaired) electrons. The quantitative estimate of drug-likeness (QED) is 0.422. The molecule has 26 heavy (non-hydrogen) atoms. The van der Waals surface area contributed by atoms with E-state index in [1.165, 1.54) is 5.56 Å². The van der Waals surface area contributed by atoms with Gasteiger partial charge in [0.25, 0.3) is 0 Å². The van der Waals surface area contributed by atoms with Gasteiger partial charge in [-0.15, -0.1) is 20.4 Å². The highest BCUT2D eigenvalue weighted by Gasteiger charge is 2.20. The first kappa shape index (κ1) is 17.6. The summed E-state index contributed by atoms with van der Waals surface area (Å²) in [6, 6.07) is 10.6. The van der Waals surface area contributed by atoms with Gasteiger partial charge in [-0.2, -0.15) is 9.61 Å². The first-order valence-electron chi connectivity index (χ1n) is 8.43. The molecule has 0 aliphatic carbocycles. The van der Waals surface area contributed by atoms with Gasteiger partial charge in [0.2, 0.25) is 4.96 Å². The zero-order valence-corrected chi connectivity index (χ0v) is 16.9. The molecule has 1 aromatic carbocycles. The lowest BCUT2D eigenvalue weighted by Crippen LogP contribution is -2.02. The molecule has 134 valence electrons. The topological polar surface area (TPSA) is 68.9 Å². The molecule has 1 atom stereocenters. The van der Waals surface area contributed by atoms with Gasteiger partial charge >= 0.3 is 0 Å². The van der Waals surface area contributed by atoms with Crippen LogP contribution < -0.4 is 0 Å². The zero-order chi connectivity index (χ0) is 17.9. The average molecular weight is 403 g/mol. The molecule has 0 aliphatic rings. The highest BCUT2D eigenvalue weighted by atomic mass is 32.2. The summed E-state index contributed by atoms with van der Waals surface area (Å²) in [6.07, 6.45) is 2.18. The molecule has 3 heterocycles. The van der Waals surface area contributed by atoms with Gasteiger partial charge in [-0.25, -0.2) is 0 Å². The molecule has 0 spiro atoms. The number of nitrogens with zero attached hydrogens (tertiary/aromatic N) is 6. The molecule has 9 heteroatoms. The van der Waals surface area contributed by atoms with Crippen LogP contribution in [0.25, 0.3) is 4.96 Å². The minimum atomic E-state index is 0.305. The van der Waals surface area contributed by atoms with Crippen LogP contribution in [0, 0.1) is 6.92 Å². The van der Waals surface area contributed by atoms with Gasteiger partial charge in [0, 0.05) is 5.92 Å². The third-order valence-electron chi connectivity index (χ3n) is 3.98. The predicted molar refractivity (Wildman–Crippen MR) is 106 cm³/mol. The molecule has 0 unspecified atom stereocenters. The Morgan fingerprint density at radius 3 is 2.65 bits per heavy atom. The van der Waals surface area contributed by atoms with Gasteiger partial charge in [0.05, 0.1) is 5.75 Å². The highest BCUT2D eigenvalue weighted by Crippen LogP contribution is 2.33. The fourth-order valence-corrected chi connectivity index (χ4v) is 5.51. The Bertz CT molecular complexity index is 990. The van der Waals surface area contributed by atoms with Crippen molar-refractivity contribution in [1.82, 2.24) is 30.0 Å². The van der Waals surface area contributed by atoms with Crippen LogP contribution in [0.4, 0.5) is 0 Å². The van der Waals surface area contributed by atoms with Gasteiger partial charge in [-0.1, -0.05) is 78.1 Å². The maximum atomic E-state index is 4.85. The highest BCUT2D eigenvalue weighted by molar-refractivity contribution is 8.00. The normalized spacial score (nSPS) is 12.7. The lowest BCUT2D eigenvalue weighted by Gasteiger charge is -2.13. The van der Waals surface area contributed by atoms with E-state index in [2.05, 4.69) is 57.7 Å². The van der Waals surface area contributed by atoms with Crippen molar-refractivity contribution in [2.45, 2.75) is 42.7 Å². The number of aryl methyl sites for hydroxylation is 1. The Labute approximate surface area is 163 Å². The molecule has 4 rings (SSSR count). The van der Waals surface area contributed by atoms with Crippen molar-refractivity contribution in [2.75, 3.05) is 0 Å². The number of hydrogen-bond donors (Lipinski definition) is 0. The van der Waals surface area contributed by atoms with E-state index in [-0.39, 0.29) is 0 Å². The van der Waals surface area contributed by atoms with Crippen molar-refractivity contribution in [3.63, 3.8) is 0 Å². The number of thioether (sulfide) groups is 1. The molecule has 0 amide bonds. The van der Waals surface area contributed by atoms with Crippen LogP contribution in [0.2, 0.25) is 0 Å². The van der Waals surface area contributed by atoms with Crippen LogP contribution in [0.5, 0.6) is 0 Å². The average Bonchev–Trinajstić information content (AvgIpc) is 3.35. The van der Waals surface area contributed by atoms with E-state index >= 15 is 0 Å². The molecule has 0 saturated carbocycles. The van der Waals surface area contributed by atoms with Crippen LogP contribution in [-0.4, -0.2) is 30.0 Å². The van der Waals surface area contributed by atoms with Crippen molar-refractivity contribution in [3.8, 4) is 0 Å². The number of fused-ring (bicyclic) bond motifs is 1. The smallest absolute Gasteiger partial charge is 0.186 e. The fourth-order valence-electron chi connectivity index (χ4n) is 2.77. The van der Waals surface area contributed by atoms with Gasteiger partial charge in [0.15, 0.2) is 10.2 Å². The lowest BCUT2D eigenvalue weighted by molar-refractivity contribution is 0.677. The fraction of sp³-hybridized carbons (Fsp3) is 0.353. The van der Waals surface area contributed by atoms with Crippen LogP contribution in [-0.2, 0) is 5.75 Å². The second-order valence-corrected chi connectivity index (χ2v) is 9.27. The van der Waals surface area contributed by atoms with Crippen molar-refractivity contribution >= 4 is 39.4 Å². The molecule has 3 aromatic heterocycles. The lowest BCUT2D eigenvalue weighted by atomic mass is 9.95. The van der Waals surface area contributed by atoms with Crippen LogP contribution in [0.3, 0.4) is 0 Å². The second kappa shape index (κ2) is 7.81. The molecule has 0 aliphatic heterocycles. The number of hydrogen-bond acceptors (Lipinski definition) is 8. The maximum Gasteiger partial charge on any atom is 0.234 e. The van der Waals surface area contributed by atoms with Crippen LogP contribution >= 0.6 is 34.4 Å². The summed E-state index contributed by atoms with van der Waals surface area (Å²) < 4.78 is 2.83. The number of rotatable bonds is 7. The maximum absolute atomic E-state index is 4.85. The number of benzene rings is 1. The van der Waals surface area contributed by atoms with E-state index in [1.807, 2.05) is 11.4 Å². The van der Waals surface area contributed by atoms with E-state index in [1.54, 1.807) is 34.4 Å². The van der Waals surface area contributed by atoms with Crippen molar-refractivity contribution in [2.24, 2.45) is 0 Å². The first-order chi connectivity index (χ1) is 12.7. The van der Waals surface area contributed by atoms with E-state index in [4.69, 9.17) is 5.10 Å². The minimum Gasteiger partial charge on any atom is -0.186 e. The molecule has 0 N–H and O–H groups in total. The largest absolute Gasteiger partial charge is 0.234 e. The third kappa shape index (κ3) is 3.65. The van der Waals surface area contributed by atoms with Gasteiger partial charge in [-0.05, 0) is 18.9 Å². The third-order valence-corrected chi connectivity index (χ3v) is 6.96. The number of aromatic nitrogens is 6. The summed E-state index contributed by atoms with van der Waals surface area (Å²) >= 11 is 4.85. The van der Waals surface area contributed by atoms with Crippen molar-refractivity contribution < 1.29 is 0 Å². The van der Waals surface area contributed by atoms with Crippen molar-refractivity contribution in [3.05, 3.63) is 51.7 Å². The SMILES string of the molecule is CCC[C@@H](c1ccccc1)c1nn2c(CSc3nnc(C)s3)nnc2s1. The standard InChI is InChI=1S/C17H18N6S3/c1-3-7-13(12-8-5-4-6-9-12)15-22-23-14(19-20-16(23)26-15)10-24-17-21-18-11(2)25-17/h4-6,8-9,13H,3,7,10H2,1-2H3/t13-/m0/s1. The summed E-state index contributed by atoms with van der Waals surface area (Å²) in [5, 5.41) is 23.7. The van der Waals surface area contributed by atoms with Crippen LogP contribution in [0.1, 0.15) is 47.1 Å². The molecule has 0 bridgehead atoms. The monoisotopic (exact) mass is 402 g/mol. The Hall–Kier alpha value is -1.84. The molecular weight excluding hydrogens is 384 g/mol. The van der Waals surface area contributed by atoms with Crippen LogP contribution in [0.15, 0.2) is 34.7 Å². The summed E-state index contributed by atoms with van der Waals surface area (Å²) in [5.41, 5.74) is 1.31. The van der Waals surface area contributed by atoms with Gasteiger partial charge in [0.1, 0.15) is 10.0 Å². The van der Waals surface area contributed by atoms with Gasteiger partial charge < -0.3 is 0 Å². The van der Waals surface area contributed by atoms with E-state index in [0.717, 1.165) is 38.0 Å². The Morgan fingerprint density at radius 1 is 1.08 bits per heavy atom. The molecule has 0 saturated heterocycles. The van der Waals surface area contributed by atoms with Gasteiger partial charge in [-0.3, -0.25) is 0 Å². The molecule has 6 nitrogen and oxygen atoms in total. The Balaban J connectivity index is 1.59. The minimum absolute atomic E-state index is 0.305. The van der Waals surface area contributed by atoms with Crippen molar-refractivity contribution in [1.29, 1.82) is 0 Å². The zero-order valence-electron chi connectivity index (χ0n) is 14.5. The summed E-state index contributed by atoms with van der Waals surface area (Å²) in [5.74, 6) is 1.84.